The second-order valence-corrected chi connectivity index (χ2v) is 6.40. The van der Waals surface area contributed by atoms with E-state index in [1.807, 2.05) is 49.4 Å². The van der Waals surface area contributed by atoms with Gasteiger partial charge in [-0.3, -0.25) is 0 Å². The summed E-state index contributed by atoms with van der Waals surface area (Å²) in [6.45, 7) is 8.30. The van der Waals surface area contributed by atoms with E-state index in [1.54, 1.807) is 10.6 Å². The van der Waals surface area contributed by atoms with Gasteiger partial charge in [-0.05, 0) is 55.4 Å². The lowest BCUT2D eigenvalue weighted by atomic mass is 10.1. The van der Waals surface area contributed by atoms with Crippen LogP contribution in [0.3, 0.4) is 0 Å². The molecule has 0 saturated heterocycles. The van der Waals surface area contributed by atoms with Crippen molar-refractivity contribution in [2.45, 2.75) is 20.4 Å². The van der Waals surface area contributed by atoms with E-state index in [9.17, 15) is 5.11 Å². The maximum absolute atomic E-state index is 10.5. The van der Waals surface area contributed by atoms with Gasteiger partial charge in [0.15, 0.2) is 5.69 Å². The predicted molar refractivity (Wildman–Crippen MR) is 110 cm³/mol. The van der Waals surface area contributed by atoms with E-state index in [0.717, 1.165) is 16.6 Å². The molecular formula is C20H20N4OS. The van der Waals surface area contributed by atoms with E-state index < -0.39 is 0 Å². The van der Waals surface area contributed by atoms with Gasteiger partial charge in [-0.2, -0.15) is 0 Å². The molecule has 0 spiro atoms. The summed E-state index contributed by atoms with van der Waals surface area (Å²) in [5.41, 5.74) is 4.50. The van der Waals surface area contributed by atoms with Crippen molar-refractivity contribution in [1.29, 1.82) is 0 Å². The van der Waals surface area contributed by atoms with Crippen LogP contribution in [0.2, 0.25) is 0 Å². The number of rotatable bonds is 4. The number of azo groups is 1. The number of para-hydroxylation sites is 1. The van der Waals surface area contributed by atoms with Gasteiger partial charge in [-0.1, -0.05) is 30.3 Å². The Bertz CT molecular complexity index is 1020. The summed E-state index contributed by atoms with van der Waals surface area (Å²) in [6.07, 6.45) is 1.72. The molecule has 3 aromatic rings. The summed E-state index contributed by atoms with van der Waals surface area (Å²) in [7, 11) is 0. The first-order valence-electron chi connectivity index (χ1n) is 8.22. The second-order valence-electron chi connectivity index (χ2n) is 6.02. The molecule has 132 valence electrons. The smallest absolute Gasteiger partial charge is 0.221 e. The molecule has 6 heteroatoms. The normalized spacial score (nSPS) is 11.2. The molecule has 0 radical (unpaired) electrons. The topological polar surface area (TPSA) is 61.9 Å². The fourth-order valence-corrected chi connectivity index (χ4v) is 2.91. The average Bonchev–Trinajstić information content (AvgIpc) is 2.89. The van der Waals surface area contributed by atoms with Crippen LogP contribution in [-0.2, 0) is 6.54 Å². The van der Waals surface area contributed by atoms with Gasteiger partial charge in [0.2, 0.25) is 11.0 Å². The maximum atomic E-state index is 10.5. The quantitative estimate of drug-likeness (QED) is 0.358. The standard InChI is InChI=1S/C20H20N4OS/c1-4-11-24-17-8-6-5-7-16(17)18(19(24)25)22-23-20(26)21-15-10-9-13(2)14(3)12-15/h4-10,12,25H,1,11H2,2-3H3,(H,21,26). The summed E-state index contributed by atoms with van der Waals surface area (Å²) in [6, 6.07) is 13.6. The number of hydrogen-bond donors (Lipinski definition) is 2. The van der Waals surface area contributed by atoms with Gasteiger partial charge in [0.25, 0.3) is 0 Å². The van der Waals surface area contributed by atoms with Crippen LogP contribution in [0, 0.1) is 13.8 Å². The molecule has 0 saturated carbocycles. The Hall–Kier alpha value is -2.99. The number of nitrogens with zero attached hydrogens (tertiary/aromatic N) is 3. The predicted octanol–water partition coefficient (Wildman–Crippen LogP) is 5.63. The number of anilines is 1. The lowest BCUT2D eigenvalue weighted by Gasteiger charge is -2.06. The van der Waals surface area contributed by atoms with Crippen LogP contribution in [0.15, 0.2) is 65.3 Å². The van der Waals surface area contributed by atoms with E-state index in [-0.39, 0.29) is 11.0 Å². The zero-order valence-electron chi connectivity index (χ0n) is 14.7. The molecule has 3 rings (SSSR count). The lowest BCUT2D eigenvalue weighted by Crippen LogP contribution is -2.05. The summed E-state index contributed by atoms with van der Waals surface area (Å²) < 4.78 is 1.73. The number of aromatic hydroxyl groups is 1. The number of nitrogens with one attached hydrogen (secondary N) is 1. The highest BCUT2D eigenvalue weighted by Crippen LogP contribution is 2.38. The number of hydrogen-bond acceptors (Lipinski definition) is 3. The summed E-state index contributed by atoms with van der Waals surface area (Å²) >= 11 is 5.26. The molecule has 26 heavy (non-hydrogen) atoms. The van der Waals surface area contributed by atoms with Crippen LogP contribution in [-0.4, -0.2) is 14.8 Å². The van der Waals surface area contributed by atoms with Crippen molar-refractivity contribution in [3.05, 3.63) is 66.2 Å². The molecule has 0 fully saturated rings. The van der Waals surface area contributed by atoms with Gasteiger partial charge in [0.05, 0.1) is 5.52 Å². The molecule has 0 atom stereocenters. The van der Waals surface area contributed by atoms with Crippen molar-refractivity contribution in [3.63, 3.8) is 0 Å². The number of benzene rings is 2. The van der Waals surface area contributed by atoms with E-state index in [4.69, 9.17) is 12.2 Å². The Labute approximate surface area is 157 Å². The zero-order chi connectivity index (χ0) is 18.7. The number of fused-ring (bicyclic) bond motifs is 1. The third-order valence-corrected chi connectivity index (χ3v) is 4.41. The van der Waals surface area contributed by atoms with Crippen LogP contribution in [0.25, 0.3) is 10.9 Å². The van der Waals surface area contributed by atoms with Crippen LogP contribution in [0.5, 0.6) is 5.88 Å². The van der Waals surface area contributed by atoms with Crippen molar-refractivity contribution in [3.8, 4) is 5.88 Å². The third-order valence-electron chi connectivity index (χ3n) is 4.23. The van der Waals surface area contributed by atoms with Crippen LogP contribution in [0.4, 0.5) is 11.4 Å². The minimum absolute atomic E-state index is 0.0452. The van der Waals surface area contributed by atoms with E-state index in [0.29, 0.717) is 12.2 Å². The molecular weight excluding hydrogens is 344 g/mol. The van der Waals surface area contributed by atoms with E-state index >= 15 is 0 Å². The molecule has 0 aliphatic rings. The largest absolute Gasteiger partial charge is 0.493 e. The highest BCUT2D eigenvalue weighted by Gasteiger charge is 2.15. The first-order valence-corrected chi connectivity index (χ1v) is 8.63. The minimum Gasteiger partial charge on any atom is -0.493 e. The van der Waals surface area contributed by atoms with Crippen molar-refractivity contribution in [2.24, 2.45) is 10.2 Å². The van der Waals surface area contributed by atoms with Gasteiger partial charge in [0, 0.05) is 17.6 Å². The molecule has 2 N–H and O–H groups in total. The van der Waals surface area contributed by atoms with E-state index in [2.05, 4.69) is 29.0 Å². The molecule has 2 aromatic carbocycles. The molecule has 0 aliphatic heterocycles. The molecule has 1 aromatic heterocycles. The van der Waals surface area contributed by atoms with Gasteiger partial charge >= 0.3 is 0 Å². The Morgan fingerprint density at radius 1 is 1.23 bits per heavy atom. The Morgan fingerprint density at radius 2 is 2.00 bits per heavy atom. The monoisotopic (exact) mass is 364 g/mol. The van der Waals surface area contributed by atoms with Crippen LogP contribution >= 0.6 is 12.2 Å². The van der Waals surface area contributed by atoms with Crippen molar-refractivity contribution < 1.29 is 5.11 Å². The van der Waals surface area contributed by atoms with Crippen molar-refractivity contribution in [2.75, 3.05) is 5.32 Å². The average molecular weight is 364 g/mol. The number of aromatic nitrogens is 1. The lowest BCUT2D eigenvalue weighted by molar-refractivity contribution is 0.431. The molecule has 5 nitrogen and oxygen atoms in total. The zero-order valence-corrected chi connectivity index (χ0v) is 15.5. The highest BCUT2D eigenvalue weighted by molar-refractivity contribution is 7.80. The van der Waals surface area contributed by atoms with Crippen LogP contribution < -0.4 is 5.32 Å². The number of thiocarbonyl (C=S) groups is 1. The Balaban J connectivity index is 1.88. The highest BCUT2D eigenvalue weighted by atomic mass is 32.1. The fraction of sp³-hybridized carbons (Fsp3) is 0.150. The summed E-state index contributed by atoms with van der Waals surface area (Å²) in [5, 5.41) is 22.9. The fourth-order valence-electron chi connectivity index (χ4n) is 2.75. The van der Waals surface area contributed by atoms with E-state index in [1.165, 1.54) is 11.1 Å². The minimum atomic E-state index is 0.0452. The molecule has 1 heterocycles. The molecule has 0 aliphatic carbocycles. The van der Waals surface area contributed by atoms with Gasteiger partial charge in [0.1, 0.15) is 0 Å². The van der Waals surface area contributed by atoms with Gasteiger partial charge in [-0.25, -0.2) is 0 Å². The first kappa shape index (κ1) is 17.8. The Morgan fingerprint density at radius 3 is 2.73 bits per heavy atom. The maximum Gasteiger partial charge on any atom is 0.221 e. The van der Waals surface area contributed by atoms with Gasteiger partial charge < -0.3 is 15.0 Å². The number of aryl methyl sites for hydroxylation is 2. The summed E-state index contributed by atoms with van der Waals surface area (Å²) in [4.78, 5) is 0. The van der Waals surface area contributed by atoms with Crippen molar-refractivity contribution in [1.82, 2.24) is 4.57 Å². The summed E-state index contributed by atoms with van der Waals surface area (Å²) in [5.74, 6) is 0.0452. The van der Waals surface area contributed by atoms with Crippen LogP contribution in [0.1, 0.15) is 11.1 Å². The molecule has 0 unspecified atom stereocenters. The third kappa shape index (κ3) is 3.50. The number of allylic oxidation sites excluding steroid dienone is 1. The second kappa shape index (κ2) is 7.49. The molecule has 0 bridgehead atoms. The molecule has 0 amide bonds. The van der Waals surface area contributed by atoms with Crippen molar-refractivity contribution >= 4 is 39.6 Å². The SMILES string of the molecule is C=CCn1c(O)c(N=NC(=S)Nc2ccc(C)c(C)c2)c2ccccc21. The first-order chi connectivity index (χ1) is 12.5. The Kier molecular flexibility index (Phi) is 5.14. The van der Waals surface area contributed by atoms with Gasteiger partial charge in [-0.15, -0.1) is 16.8 Å².